The molecule has 0 aliphatic carbocycles. The first-order chi connectivity index (χ1) is 14.8. The van der Waals surface area contributed by atoms with Crippen LogP contribution < -0.4 is 0 Å². The lowest BCUT2D eigenvalue weighted by Crippen LogP contribution is -1.95. The van der Waals surface area contributed by atoms with E-state index in [9.17, 15) is 0 Å². The molecule has 0 atom stereocenters. The molecule has 0 aliphatic heterocycles. The molecule has 0 N–H and O–H groups in total. The van der Waals surface area contributed by atoms with Crippen molar-refractivity contribution in [1.29, 1.82) is 0 Å². The van der Waals surface area contributed by atoms with Crippen molar-refractivity contribution in [3.63, 3.8) is 0 Å². The molecule has 0 saturated carbocycles. The summed E-state index contributed by atoms with van der Waals surface area (Å²) in [6, 6.07) is 30.5. The van der Waals surface area contributed by atoms with E-state index in [-0.39, 0.29) is 0 Å². The van der Waals surface area contributed by atoms with E-state index in [0.29, 0.717) is 0 Å². The van der Waals surface area contributed by atoms with Gasteiger partial charge in [-0.1, -0.05) is 76.6 Å². The molecule has 0 radical (unpaired) electrons. The summed E-state index contributed by atoms with van der Waals surface area (Å²) in [5.41, 5.74) is 5.59. The summed E-state index contributed by atoms with van der Waals surface area (Å²) in [4.78, 5) is 9.87. The molecule has 6 rings (SSSR count). The fourth-order valence-electron chi connectivity index (χ4n) is 3.99. The number of hydrogen-bond acceptors (Lipinski definition) is 3. The molecule has 4 aromatic carbocycles. The summed E-state index contributed by atoms with van der Waals surface area (Å²) >= 11 is 3.60. The second-order valence-corrected chi connectivity index (χ2v) is 8.12. The first-order valence-electron chi connectivity index (χ1n) is 9.71. The Kier molecular flexibility index (Phi) is 3.93. The quantitative estimate of drug-likeness (QED) is 0.272. The molecule has 2 heterocycles. The van der Waals surface area contributed by atoms with Crippen LogP contribution in [-0.4, -0.2) is 9.97 Å². The van der Waals surface area contributed by atoms with E-state index in [1.54, 1.807) is 0 Å². The molecule has 6 aromatic rings. The second kappa shape index (κ2) is 6.78. The highest BCUT2D eigenvalue weighted by Gasteiger charge is 2.17. The lowest BCUT2D eigenvalue weighted by Gasteiger charge is -2.10. The van der Waals surface area contributed by atoms with Crippen molar-refractivity contribution in [1.82, 2.24) is 9.97 Å². The third kappa shape index (κ3) is 2.72. The van der Waals surface area contributed by atoms with Gasteiger partial charge in [-0.25, -0.2) is 9.97 Å². The van der Waals surface area contributed by atoms with Gasteiger partial charge >= 0.3 is 0 Å². The van der Waals surface area contributed by atoms with Crippen LogP contribution in [0.5, 0.6) is 0 Å². The Morgan fingerprint density at radius 2 is 1.50 bits per heavy atom. The molecule has 0 spiro atoms. The van der Waals surface area contributed by atoms with Gasteiger partial charge in [-0.3, -0.25) is 0 Å². The van der Waals surface area contributed by atoms with E-state index in [1.807, 2.05) is 72.8 Å². The Morgan fingerprint density at radius 1 is 0.667 bits per heavy atom. The third-order valence-corrected chi connectivity index (χ3v) is 5.84. The summed E-state index contributed by atoms with van der Waals surface area (Å²) < 4.78 is 7.15. The highest BCUT2D eigenvalue weighted by atomic mass is 79.9. The van der Waals surface area contributed by atoms with Crippen LogP contribution in [0.4, 0.5) is 0 Å². The van der Waals surface area contributed by atoms with Crippen LogP contribution in [0.15, 0.2) is 99.9 Å². The first-order valence-corrected chi connectivity index (χ1v) is 10.5. The summed E-state index contributed by atoms with van der Waals surface area (Å²) in [7, 11) is 0. The number of aromatic nitrogens is 2. The van der Waals surface area contributed by atoms with E-state index < -0.39 is 0 Å². The highest BCUT2D eigenvalue weighted by Crippen LogP contribution is 2.39. The van der Waals surface area contributed by atoms with E-state index >= 15 is 0 Å². The molecule has 4 heteroatoms. The fourth-order valence-corrected chi connectivity index (χ4v) is 4.36. The van der Waals surface area contributed by atoms with Crippen LogP contribution >= 0.6 is 15.9 Å². The Balaban J connectivity index is 1.74. The first kappa shape index (κ1) is 17.4. The minimum atomic E-state index is 0.718. The zero-order valence-electron chi connectivity index (χ0n) is 15.8. The van der Waals surface area contributed by atoms with Gasteiger partial charge in [0.05, 0.1) is 11.2 Å². The monoisotopic (exact) mass is 450 g/mol. The molecular formula is C26H15BrN2O. The second-order valence-electron chi connectivity index (χ2n) is 7.20. The van der Waals surface area contributed by atoms with Gasteiger partial charge in [0.15, 0.2) is 5.82 Å². The van der Waals surface area contributed by atoms with E-state index in [1.165, 1.54) is 0 Å². The van der Waals surface area contributed by atoms with Gasteiger partial charge in [0.1, 0.15) is 11.2 Å². The molecule has 0 bridgehead atoms. The number of furan rings is 1. The van der Waals surface area contributed by atoms with Gasteiger partial charge in [-0.2, -0.15) is 0 Å². The standard InChI is InChI=1S/C26H15BrN2O/c27-17-13-14-22-20(15-17)24-19(10-6-12-23(24)30-22)25-18-9-4-5-11-21(18)28-26(29-25)16-7-2-1-3-8-16/h1-15H. The molecule has 3 nitrogen and oxygen atoms in total. The van der Waals surface area contributed by atoms with E-state index in [0.717, 1.165) is 60.0 Å². The number of benzene rings is 4. The molecule has 30 heavy (non-hydrogen) atoms. The predicted octanol–water partition coefficient (Wildman–Crippen LogP) is 7.63. The largest absolute Gasteiger partial charge is 0.456 e. The smallest absolute Gasteiger partial charge is 0.160 e. The minimum Gasteiger partial charge on any atom is -0.456 e. The number of fused-ring (bicyclic) bond motifs is 4. The molecule has 142 valence electrons. The van der Waals surface area contributed by atoms with Crippen molar-refractivity contribution in [2.75, 3.05) is 0 Å². The van der Waals surface area contributed by atoms with E-state index in [4.69, 9.17) is 14.4 Å². The summed E-state index contributed by atoms with van der Waals surface area (Å²) in [6.45, 7) is 0. The molecule has 0 amide bonds. The topological polar surface area (TPSA) is 38.9 Å². The van der Waals surface area contributed by atoms with Gasteiger partial charge in [-0.05, 0) is 30.3 Å². The summed E-state index contributed by atoms with van der Waals surface area (Å²) in [6.07, 6.45) is 0. The normalized spacial score (nSPS) is 11.5. The zero-order chi connectivity index (χ0) is 20.1. The fraction of sp³-hybridized carbons (Fsp3) is 0. The Morgan fingerprint density at radius 3 is 2.40 bits per heavy atom. The number of rotatable bonds is 2. The summed E-state index contributed by atoms with van der Waals surface area (Å²) in [5.74, 6) is 0.718. The Labute approximate surface area is 181 Å². The molecular weight excluding hydrogens is 436 g/mol. The van der Waals surface area contributed by atoms with Gasteiger partial charge in [0.25, 0.3) is 0 Å². The Bertz CT molecular complexity index is 1550. The lowest BCUT2D eigenvalue weighted by atomic mass is 10.00. The number of nitrogens with zero attached hydrogens (tertiary/aromatic N) is 2. The van der Waals surface area contributed by atoms with Crippen LogP contribution in [-0.2, 0) is 0 Å². The average molecular weight is 451 g/mol. The Hall–Kier alpha value is -3.50. The van der Waals surface area contributed by atoms with Gasteiger partial charge in [0, 0.05) is 31.8 Å². The third-order valence-electron chi connectivity index (χ3n) is 5.35. The van der Waals surface area contributed by atoms with Crippen LogP contribution in [0, 0.1) is 0 Å². The molecule has 0 saturated heterocycles. The molecule has 2 aromatic heterocycles. The van der Waals surface area contributed by atoms with Gasteiger partial charge in [-0.15, -0.1) is 0 Å². The number of hydrogen-bond donors (Lipinski definition) is 0. The minimum absolute atomic E-state index is 0.718. The van der Waals surface area contributed by atoms with Crippen molar-refractivity contribution in [2.24, 2.45) is 0 Å². The van der Waals surface area contributed by atoms with Crippen LogP contribution in [0.3, 0.4) is 0 Å². The lowest BCUT2D eigenvalue weighted by molar-refractivity contribution is 0.669. The van der Waals surface area contributed by atoms with Crippen LogP contribution in [0.2, 0.25) is 0 Å². The predicted molar refractivity (Wildman–Crippen MR) is 125 cm³/mol. The number of halogens is 1. The maximum Gasteiger partial charge on any atom is 0.160 e. The molecule has 0 fully saturated rings. The number of para-hydroxylation sites is 1. The zero-order valence-corrected chi connectivity index (χ0v) is 17.4. The van der Waals surface area contributed by atoms with Gasteiger partial charge in [0.2, 0.25) is 0 Å². The highest BCUT2D eigenvalue weighted by molar-refractivity contribution is 9.10. The maximum atomic E-state index is 6.13. The van der Waals surface area contributed by atoms with Crippen molar-refractivity contribution in [2.45, 2.75) is 0 Å². The van der Waals surface area contributed by atoms with Crippen molar-refractivity contribution in [3.05, 3.63) is 95.5 Å². The van der Waals surface area contributed by atoms with E-state index in [2.05, 4.69) is 34.1 Å². The molecule has 0 aliphatic rings. The average Bonchev–Trinajstić information content (AvgIpc) is 3.17. The SMILES string of the molecule is Brc1ccc2oc3cccc(-c4nc(-c5ccccc5)nc5ccccc45)c3c2c1. The van der Waals surface area contributed by atoms with Gasteiger partial charge < -0.3 is 4.42 Å². The van der Waals surface area contributed by atoms with Crippen molar-refractivity contribution in [3.8, 4) is 22.6 Å². The molecule has 0 unspecified atom stereocenters. The van der Waals surface area contributed by atoms with Crippen molar-refractivity contribution < 1.29 is 4.42 Å². The van der Waals surface area contributed by atoms with Crippen LogP contribution in [0.1, 0.15) is 0 Å². The maximum absolute atomic E-state index is 6.13. The van der Waals surface area contributed by atoms with Crippen molar-refractivity contribution >= 4 is 48.8 Å². The van der Waals surface area contributed by atoms with Crippen LogP contribution in [0.25, 0.3) is 55.5 Å². The summed E-state index contributed by atoms with van der Waals surface area (Å²) in [5, 5.41) is 3.16.